The summed E-state index contributed by atoms with van der Waals surface area (Å²) < 4.78 is 4.98. The number of furan rings is 1. The number of rotatable bonds is 7. The van der Waals surface area contributed by atoms with Crippen molar-refractivity contribution < 1.29 is 19.1 Å². The van der Waals surface area contributed by atoms with Crippen LogP contribution in [0.1, 0.15) is 43.7 Å². The molecule has 2 N–H and O–H groups in total. The Kier molecular flexibility index (Phi) is 5.42. The van der Waals surface area contributed by atoms with Crippen molar-refractivity contribution in [2.24, 2.45) is 5.92 Å². The molecule has 2 atom stereocenters. The molecule has 0 bridgehead atoms. The van der Waals surface area contributed by atoms with Crippen LogP contribution in [0.3, 0.4) is 0 Å². The van der Waals surface area contributed by atoms with Crippen molar-refractivity contribution in [1.29, 1.82) is 0 Å². The molecule has 18 heavy (non-hydrogen) atoms. The molecular formula is C13H19NO4. The van der Waals surface area contributed by atoms with E-state index < -0.39 is 5.97 Å². The third-order valence-corrected chi connectivity index (χ3v) is 2.82. The predicted octanol–water partition coefficient (Wildman–Crippen LogP) is 2.29. The molecule has 5 heteroatoms. The molecule has 100 valence electrons. The number of carboxylic acids is 1. The monoisotopic (exact) mass is 253 g/mol. The molecule has 0 fully saturated rings. The van der Waals surface area contributed by atoms with Crippen molar-refractivity contribution >= 4 is 11.9 Å². The van der Waals surface area contributed by atoms with Crippen molar-refractivity contribution in [3.63, 3.8) is 0 Å². The van der Waals surface area contributed by atoms with E-state index in [9.17, 15) is 9.59 Å². The fraction of sp³-hybridized carbons (Fsp3) is 0.538. The van der Waals surface area contributed by atoms with E-state index in [4.69, 9.17) is 9.52 Å². The van der Waals surface area contributed by atoms with Crippen LogP contribution in [0.2, 0.25) is 0 Å². The van der Waals surface area contributed by atoms with Gasteiger partial charge in [0.2, 0.25) is 0 Å². The molecule has 0 aliphatic carbocycles. The van der Waals surface area contributed by atoms with E-state index in [1.807, 2.05) is 6.92 Å². The van der Waals surface area contributed by atoms with Gasteiger partial charge in [-0.1, -0.05) is 13.3 Å². The molecule has 0 saturated carbocycles. The van der Waals surface area contributed by atoms with Gasteiger partial charge in [0.15, 0.2) is 5.76 Å². The summed E-state index contributed by atoms with van der Waals surface area (Å²) in [6.07, 6.45) is 3.60. The first kappa shape index (κ1) is 14.3. The van der Waals surface area contributed by atoms with Gasteiger partial charge in [-0.25, -0.2) is 0 Å². The Bertz CT molecular complexity index is 386. The summed E-state index contributed by atoms with van der Waals surface area (Å²) in [5.41, 5.74) is 0. The lowest BCUT2D eigenvalue weighted by atomic mass is 10.0. The van der Waals surface area contributed by atoms with Gasteiger partial charge in [-0.15, -0.1) is 0 Å². The van der Waals surface area contributed by atoms with E-state index in [1.54, 1.807) is 19.1 Å². The fourth-order valence-corrected chi connectivity index (χ4v) is 1.63. The molecule has 5 nitrogen and oxygen atoms in total. The molecule has 1 aromatic heterocycles. The first-order chi connectivity index (χ1) is 8.50. The van der Waals surface area contributed by atoms with Crippen LogP contribution in [0.5, 0.6) is 0 Å². The van der Waals surface area contributed by atoms with Crippen molar-refractivity contribution in [2.45, 2.75) is 39.2 Å². The molecule has 0 saturated heterocycles. The Morgan fingerprint density at radius 3 is 2.67 bits per heavy atom. The van der Waals surface area contributed by atoms with Gasteiger partial charge in [-0.3, -0.25) is 9.59 Å². The molecule has 1 amide bonds. The van der Waals surface area contributed by atoms with Crippen molar-refractivity contribution in [2.75, 3.05) is 0 Å². The number of amides is 1. The maximum atomic E-state index is 11.6. The van der Waals surface area contributed by atoms with E-state index in [2.05, 4.69) is 5.32 Å². The van der Waals surface area contributed by atoms with Crippen LogP contribution in [-0.2, 0) is 4.79 Å². The van der Waals surface area contributed by atoms with Gasteiger partial charge in [0.1, 0.15) is 0 Å². The summed E-state index contributed by atoms with van der Waals surface area (Å²) in [5, 5.41) is 11.5. The first-order valence-corrected chi connectivity index (χ1v) is 6.08. The van der Waals surface area contributed by atoms with Gasteiger partial charge in [-0.2, -0.15) is 0 Å². The average Bonchev–Trinajstić information content (AvgIpc) is 2.81. The van der Waals surface area contributed by atoms with Crippen LogP contribution in [0.25, 0.3) is 0 Å². The number of carbonyl (C=O) groups excluding carboxylic acids is 1. The van der Waals surface area contributed by atoms with Gasteiger partial charge >= 0.3 is 5.97 Å². The first-order valence-electron chi connectivity index (χ1n) is 6.08. The molecule has 0 aliphatic rings. The van der Waals surface area contributed by atoms with Gasteiger partial charge in [0, 0.05) is 6.04 Å². The predicted molar refractivity (Wildman–Crippen MR) is 66.3 cm³/mol. The molecule has 0 aromatic carbocycles. The summed E-state index contributed by atoms with van der Waals surface area (Å²) in [6, 6.07) is 3.27. The van der Waals surface area contributed by atoms with E-state index in [0.717, 1.165) is 12.8 Å². The number of carboxylic acid groups (broad SMARTS) is 1. The summed E-state index contributed by atoms with van der Waals surface area (Å²) in [7, 11) is 0. The van der Waals surface area contributed by atoms with Crippen LogP contribution < -0.4 is 5.32 Å². The van der Waals surface area contributed by atoms with E-state index in [0.29, 0.717) is 12.2 Å². The Morgan fingerprint density at radius 1 is 1.39 bits per heavy atom. The number of carbonyl (C=O) groups is 2. The van der Waals surface area contributed by atoms with Crippen molar-refractivity contribution in [3.05, 3.63) is 24.2 Å². The smallest absolute Gasteiger partial charge is 0.306 e. The second kappa shape index (κ2) is 6.83. The summed E-state index contributed by atoms with van der Waals surface area (Å²) >= 11 is 0. The van der Waals surface area contributed by atoms with E-state index >= 15 is 0 Å². The Balaban J connectivity index is 2.24. The maximum Gasteiger partial charge on any atom is 0.306 e. The van der Waals surface area contributed by atoms with Gasteiger partial charge in [0.05, 0.1) is 12.2 Å². The lowest BCUT2D eigenvalue weighted by Gasteiger charge is -2.13. The highest BCUT2D eigenvalue weighted by Crippen LogP contribution is 2.10. The summed E-state index contributed by atoms with van der Waals surface area (Å²) in [4.78, 5) is 22.2. The minimum absolute atomic E-state index is 0.00333. The minimum Gasteiger partial charge on any atom is -0.481 e. The van der Waals surface area contributed by atoms with E-state index in [-0.39, 0.29) is 17.9 Å². The highest BCUT2D eigenvalue weighted by molar-refractivity contribution is 5.91. The minimum atomic E-state index is -0.776. The van der Waals surface area contributed by atoms with E-state index in [1.165, 1.54) is 6.26 Å². The van der Waals surface area contributed by atoms with Crippen LogP contribution in [0, 0.1) is 5.92 Å². The van der Waals surface area contributed by atoms with Crippen LogP contribution in [0.15, 0.2) is 22.8 Å². The van der Waals surface area contributed by atoms with Gasteiger partial charge in [-0.05, 0) is 31.9 Å². The SMILES string of the molecule is CC(CCCC(C)C(=O)O)NC(=O)c1ccco1. The third-order valence-electron chi connectivity index (χ3n) is 2.82. The van der Waals surface area contributed by atoms with Crippen LogP contribution in [0.4, 0.5) is 0 Å². The topological polar surface area (TPSA) is 79.5 Å². The van der Waals surface area contributed by atoms with Crippen LogP contribution in [-0.4, -0.2) is 23.0 Å². The molecular weight excluding hydrogens is 234 g/mol. The number of nitrogens with one attached hydrogen (secondary N) is 1. The molecule has 2 unspecified atom stereocenters. The number of hydrogen-bond donors (Lipinski definition) is 2. The normalized spacial score (nSPS) is 13.9. The summed E-state index contributed by atoms with van der Waals surface area (Å²) in [6.45, 7) is 3.58. The largest absolute Gasteiger partial charge is 0.481 e. The molecule has 1 aromatic rings. The van der Waals surface area contributed by atoms with Crippen molar-refractivity contribution in [1.82, 2.24) is 5.32 Å². The standard InChI is InChI=1S/C13H19NO4/c1-9(13(16)17)5-3-6-10(2)14-12(15)11-7-4-8-18-11/h4,7-10H,3,5-6H2,1-2H3,(H,14,15)(H,16,17). The Labute approximate surface area is 106 Å². The van der Waals surface area contributed by atoms with Gasteiger partial charge in [0.25, 0.3) is 5.91 Å². The maximum absolute atomic E-state index is 11.6. The van der Waals surface area contributed by atoms with Gasteiger partial charge < -0.3 is 14.8 Å². The second-order valence-corrected chi connectivity index (χ2v) is 4.52. The lowest BCUT2D eigenvalue weighted by Crippen LogP contribution is -2.32. The zero-order valence-electron chi connectivity index (χ0n) is 10.7. The molecule has 1 rings (SSSR count). The van der Waals surface area contributed by atoms with Crippen molar-refractivity contribution in [3.8, 4) is 0 Å². The third kappa shape index (κ3) is 4.61. The lowest BCUT2D eigenvalue weighted by molar-refractivity contribution is -0.141. The zero-order valence-corrected chi connectivity index (χ0v) is 10.7. The highest BCUT2D eigenvalue weighted by atomic mass is 16.4. The second-order valence-electron chi connectivity index (χ2n) is 4.52. The number of hydrogen-bond acceptors (Lipinski definition) is 3. The molecule has 0 aliphatic heterocycles. The quantitative estimate of drug-likeness (QED) is 0.781. The Hall–Kier alpha value is -1.78. The average molecular weight is 253 g/mol. The van der Waals surface area contributed by atoms with Crippen LogP contribution >= 0.6 is 0 Å². The Morgan fingerprint density at radius 2 is 2.11 bits per heavy atom. The molecule has 1 heterocycles. The zero-order chi connectivity index (χ0) is 13.5. The molecule has 0 spiro atoms. The summed E-state index contributed by atoms with van der Waals surface area (Å²) in [5.74, 6) is -1.06. The fourth-order valence-electron chi connectivity index (χ4n) is 1.63. The molecule has 0 radical (unpaired) electrons. The highest BCUT2D eigenvalue weighted by Gasteiger charge is 2.14. The number of aliphatic carboxylic acids is 1.